The minimum atomic E-state index is -2.53. The van der Waals surface area contributed by atoms with Gasteiger partial charge in [-0.25, -0.2) is 18.0 Å². The first-order valence-corrected chi connectivity index (χ1v) is 4.44. The number of hydrogen-bond acceptors (Lipinski definition) is 2. The van der Waals surface area contributed by atoms with E-state index in [4.69, 9.17) is 5.11 Å². The van der Waals surface area contributed by atoms with Crippen LogP contribution in [0.25, 0.3) is 0 Å². The lowest BCUT2D eigenvalue weighted by molar-refractivity contribution is 0.0692. The number of carbonyl (C=O) groups is 1. The van der Waals surface area contributed by atoms with Crippen LogP contribution in [-0.4, -0.2) is 31.1 Å². The van der Waals surface area contributed by atoms with Gasteiger partial charge in [0.2, 0.25) is 0 Å². The van der Waals surface area contributed by atoms with Gasteiger partial charge < -0.3 is 10.0 Å². The highest BCUT2D eigenvalue weighted by atomic mass is 19.3. The number of halogens is 3. The molecule has 0 heterocycles. The molecule has 88 valence electrons. The first-order chi connectivity index (χ1) is 7.41. The van der Waals surface area contributed by atoms with Crippen molar-refractivity contribution in [2.75, 3.05) is 18.5 Å². The van der Waals surface area contributed by atoms with E-state index in [9.17, 15) is 18.0 Å². The number of aromatic carboxylic acids is 1. The molecule has 3 nitrogen and oxygen atoms in total. The molecule has 16 heavy (non-hydrogen) atoms. The fourth-order valence-corrected chi connectivity index (χ4v) is 1.23. The van der Waals surface area contributed by atoms with Crippen LogP contribution in [0.1, 0.15) is 10.4 Å². The second-order valence-electron chi connectivity index (χ2n) is 3.24. The van der Waals surface area contributed by atoms with Crippen molar-refractivity contribution in [3.8, 4) is 0 Å². The number of anilines is 1. The van der Waals surface area contributed by atoms with E-state index >= 15 is 0 Å². The average Bonchev–Trinajstić information content (AvgIpc) is 2.15. The van der Waals surface area contributed by atoms with Gasteiger partial charge in [0, 0.05) is 12.7 Å². The number of carboxylic acid groups (broad SMARTS) is 1. The molecule has 1 N–H and O–H groups in total. The molecule has 0 atom stereocenters. The topological polar surface area (TPSA) is 40.5 Å². The number of benzene rings is 1. The van der Waals surface area contributed by atoms with Gasteiger partial charge in [0.25, 0.3) is 6.43 Å². The predicted molar refractivity (Wildman–Crippen MR) is 52.6 cm³/mol. The van der Waals surface area contributed by atoms with Crippen LogP contribution in [0.3, 0.4) is 0 Å². The lowest BCUT2D eigenvalue weighted by Gasteiger charge is -2.18. The van der Waals surface area contributed by atoms with E-state index in [1.807, 2.05) is 0 Å². The Labute approximate surface area is 90.1 Å². The Bertz CT molecular complexity index is 396. The quantitative estimate of drug-likeness (QED) is 0.866. The zero-order chi connectivity index (χ0) is 12.3. The van der Waals surface area contributed by atoms with Crippen LogP contribution in [0.4, 0.5) is 18.9 Å². The first kappa shape index (κ1) is 12.4. The Morgan fingerprint density at radius 2 is 2.12 bits per heavy atom. The predicted octanol–water partition coefficient (Wildman–Crippen LogP) is 2.23. The normalized spacial score (nSPS) is 10.6. The van der Waals surface area contributed by atoms with Crippen LogP contribution in [-0.2, 0) is 0 Å². The molecule has 0 aliphatic heterocycles. The summed E-state index contributed by atoms with van der Waals surface area (Å²) in [7, 11) is 1.38. The second-order valence-corrected chi connectivity index (χ2v) is 3.24. The molecule has 0 saturated carbocycles. The van der Waals surface area contributed by atoms with Crippen LogP contribution in [0, 0.1) is 5.82 Å². The van der Waals surface area contributed by atoms with E-state index in [2.05, 4.69) is 0 Å². The highest BCUT2D eigenvalue weighted by Crippen LogP contribution is 2.18. The van der Waals surface area contributed by atoms with E-state index in [1.54, 1.807) is 0 Å². The van der Waals surface area contributed by atoms with Crippen molar-refractivity contribution in [3.63, 3.8) is 0 Å². The molecule has 0 unspecified atom stereocenters. The molecule has 0 spiro atoms. The summed E-state index contributed by atoms with van der Waals surface area (Å²) in [5.74, 6) is -2.33. The van der Waals surface area contributed by atoms with Crippen molar-refractivity contribution in [2.45, 2.75) is 6.43 Å². The van der Waals surface area contributed by atoms with Gasteiger partial charge in [0.05, 0.1) is 12.1 Å². The zero-order valence-electron chi connectivity index (χ0n) is 8.45. The van der Waals surface area contributed by atoms with Crippen molar-refractivity contribution in [1.82, 2.24) is 0 Å². The number of nitrogens with zero attached hydrogens (tertiary/aromatic N) is 1. The Hall–Kier alpha value is -1.72. The van der Waals surface area contributed by atoms with E-state index in [0.29, 0.717) is 0 Å². The highest BCUT2D eigenvalue weighted by molar-refractivity contribution is 5.88. The molecule has 0 aromatic heterocycles. The molecule has 0 fully saturated rings. The maximum Gasteiger partial charge on any atom is 0.338 e. The Kier molecular flexibility index (Phi) is 3.76. The fraction of sp³-hybridized carbons (Fsp3) is 0.300. The fourth-order valence-electron chi connectivity index (χ4n) is 1.23. The van der Waals surface area contributed by atoms with Crippen LogP contribution >= 0.6 is 0 Å². The monoisotopic (exact) mass is 233 g/mol. The highest BCUT2D eigenvalue weighted by Gasteiger charge is 2.13. The van der Waals surface area contributed by atoms with E-state index in [0.717, 1.165) is 17.0 Å². The van der Waals surface area contributed by atoms with Gasteiger partial charge in [-0.15, -0.1) is 0 Å². The maximum atomic E-state index is 13.2. The standard InChI is InChI=1S/C10H10F3NO2/c1-14(5-9(12)13)6-2-3-7(10(15)16)8(11)4-6/h2-4,9H,5H2,1H3,(H,15,16). The van der Waals surface area contributed by atoms with Gasteiger partial charge in [-0.05, 0) is 18.2 Å². The molecule has 6 heteroatoms. The summed E-state index contributed by atoms with van der Waals surface area (Å²) >= 11 is 0. The number of alkyl halides is 2. The molecule has 0 radical (unpaired) electrons. The van der Waals surface area contributed by atoms with Gasteiger partial charge in [0.15, 0.2) is 0 Å². The van der Waals surface area contributed by atoms with Crippen LogP contribution < -0.4 is 4.90 Å². The van der Waals surface area contributed by atoms with Gasteiger partial charge in [-0.1, -0.05) is 0 Å². The van der Waals surface area contributed by atoms with Crippen molar-refractivity contribution < 1.29 is 23.1 Å². The van der Waals surface area contributed by atoms with Gasteiger partial charge in [-0.3, -0.25) is 0 Å². The van der Waals surface area contributed by atoms with Crippen LogP contribution in [0.15, 0.2) is 18.2 Å². The minimum absolute atomic E-state index is 0.211. The largest absolute Gasteiger partial charge is 0.478 e. The number of carboxylic acids is 1. The molecule has 0 saturated heterocycles. The van der Waals surface area contributed by atoms with E-state index < -0.39 is 30.3 Å². The summed E-state index contributed by atoms with van der Waals surface area (Å²) in [5, 5.41) is 8.57. The molecular formula is C10H10F3NO2. The number of hydrogen-bond donors (Lipinski definition) is 1. The SMILES string of the molecule is CN(CC(F)F)c1ccc(C(=O)O)c(F)c1. The van der Waals surface area contributed by atoms with E-state index in [1.165, 1.54) is 13.1 Å². The molecule has 0 aliphatic carbocycles. The van der Waals surface area contributed by atoms with E-state index in [-0.39, 0.29) is 5.69 Å². The summed E-state index contributed by atoms with van der Waals surface area (Å²) in [6.07, 6.45) is -2.53. The molecule has 1 aromatic rings. The minimum Gasteiger partial charge on any atom is -0.478 e. The van der Waals surface area contributed by atoms with Crippen molar-refractivity contribution in [2.24, 2.45) is 0 Å². The second kappa shape index (κ2) is 4.87. The molecule has 1 rings (SSSR count). The Morgan fingerprint density at radius 1 is 1.50 bits per heavy atom. The van der Waals surface area contributed by atoms with Gasteiger partial charge >= 0.3 is 5.97 Å². The summed E-state index contributed by atoms with van der Waals surface area (Å²) < 4.78 is 37.3. The lowest BCUT2D eigenvalue weighted by Crippen LogP contribution is -2.24. The third-order valence-electron chi connectivity index (χ3n) is 2.04. The Morgan fingerprint density at radius 3 is 2.56 bits per heavy atom. The van der Waals surface area contributed by atoms with Gasteiger partial charge in [0.1, 0.15) is 5.82 Å². The molecule has 0 bridgehead atoms. The van der Waals surface area contributed by atoms with Gasteiger partial charge in [-0.2, -0.15) is 0 Å². The molecule has 0 amide bonds. The zero-order valence-corrected chi connectivity index (χ0v) is 8.45. The van der Waals surface area contributed by atoms with Crippen LogP contribution in [0.2, 0.25) is 0 Å². The molecule has 0 aliphatic rings. The smallest absolute Gasteiger partial charge is 0.338 e. The Balaban J connectivity index is 2.92. The van der Waals surface area contributed by atoms with Crippen molar-refractivity contribution >= 4 is 11.7 Å². The van der Waals surface area contributed by atoms with Crippen molar-refractivity contribution in [1.29, 1.82) is 0 Å². The number of rotatable bonds is 4. The summed E-state index contributed by atoms with van der Waals surface area (Å²) in [6.45, 7) is -0.536. The third kappa shape index (κ3) is 2.88. The summed E-state index contributed by atoms with van der Waals surface area (Å²) in [6, 6.07) is 3.26. The average molecular weight is 233 g/mol. The molecule has 1 aromatic carbocycles. The lowest BCUT2D eigenvalue weighted by atomic mass is 10.2. The van der Waals surface area contributed by atoms with Crippen molar-refractivity contribution in [3.05, 3.63) is 29.6 Å². The van der Waals surface area contributed by atoms with Crippen LogP contribution in [0.5, 0.6) is 0 Å². The third-order valence-corrected chi connectivity index (χ3v) is 2.04. The summed E-state index contributed by atoms with van der Waals surface area (Å²) in [5.41, 5.74) is -0.267. The molecular weight excluding hydrogens is 223 g/mol. The summed E-state index contributed by atoms with van der Waals surface area (Å²) in [4.78, 5) is 11.7. The maximum absolute atomic E-state index is 13.2. The first-order valence-electron chi connectivity index (χ1n) is 4.44.